The molecule has 160 valence electrons. The van der Waals surface area contributed by atoms with Crippen LogP contribution in [0.25, 0.3) is 10.9 Å². The summed E-state index contributed by atoms with van der Waals surface area (Å²) < 4.78 is 7.30. The number of aromatic nitrogens is 3. The van der Waals surface area contributed by atoms with Crippen molar-refractivity contribution in [2.45, 2.75) is 13.5 Å². The van der Waals surface area contributed by atoms with E-state index in [9.17, 15) is 15.4 Å². The van der Waals surface area contributed by atoms with Gasteiger partial charge in [0.05, 0.1) is 34.6 Å². The molecule has 4 rings (SSSR count). The van der Waals surface area contributed by atoms with Gasteiger partial charge < -0.3 is 14.6 Å². The van der Waals surface area contributed by atoms with Gasteiger partial charge in [0.2, 0.25) is 0 Å². The molecule has 10 heteroatoms. The molecule has 0 aliphatic carbocycles. The number of hydrogen-bond acceptors (Lipinski definition) is 7. The van der Waals surface area contributed by atoms with Gasteiger partial charge in [-0.1, -0.05) is 17.7 Å². The summed E-state index contributed by atoms with van der Waals surface area (Å²) in [4.78, 5) is 19.3. The van der Waals surface area contributed by atoms with Gasteiger partial charge in [-0.15, -0.1) is 0 Å². The SMILES string of the molecule is CCOc1cc2ncc(C#N)c(Nc3ccc(Cn4ccnc4)c(Cl)c3)c2cc1[N+](=O)[O-]. The molecule has 0 fully saturated rings. The second-order valence-corrected chi connectivity index (χ2v) is 7.26. The van der Waals surface area contributed by atoms with Gasteiger partial charge in [-0.2, -0.15) is 5.26 Å². The van der Waals surface area contributed by atoms with Gasteiger partial charge in [0, 0.05) is 53.4 Å². The van der Waals surface area contributed by atoms with E-state index in [1.54, 1.807) is 25.5 Å². The third kappa shape index (κ3) is 4.17. The fourth-order valence-corrected chi connectivity index (χ4v) is 3.56. The van der Waals surface area contributed by atoms with Gasteiger partial charge in [0.15, 0.2) is 5.75 Å². The topological polar surface area (TPSA) is 119 Å². The summed E-state index contributed by atoms with van der Waals surface area (Å²) in [5, 5.41) is 25.3. The molecule has 0 saturated carbocycles. The summed E-state index contributed by atoms with van der Waals surface area (Å²) in [6.45, 7) is 2.58. The second kappa shape index (κ2) is 8.91. The van der Waals surface area contributed by atoms with E-state index < -0.39 is 4.92 Å². The Morgan fingerprint density at radius 2 is 2.19 bits per heavy atom. The minimum atomic E-state index is -0.519. The number of nitrogens with zero attached hydrogens (tertiary/aromatic N) is 5. The van der Waals surface area contributed by atoms with E-state index in [1.165, 1.54) is 18.3 Å². The summed E-state index contributed by atoms with van der Waals surface area (Å²) >= 11 is 6.47. The Bertz CT molecular complexity index is 1350. The van der Waals surface area contributed by atoms with Crippen molar-refractivity contribution in [2.75, 3.05) is 11.9 Å². The molecule has 4 aromatic rings. The van der Waals surface area contributed by atoms with Gasteiger partial charge in [-0.25, -0.2) is 4.98 Å². The Labute approximate surface area is 188 Å². The van der Waals surface area contributed by atoms with Gasteiger partial charge in [0.25, 0.3) is 0 Å². The molecule has 0 radical (unpaired) electrons. The highest BCUT2D eigenvalue weighted by Gasteiger charge is 2.20. The van der Waals surface area contributed by atoms with Gasteiger partial charge in [-0.05, 0) is 24.6 Å². The van der Waals surface area contributed by atoms with E-state index in [0.717, 1.165) is 5.56 Å². The summed E-state index contributed by atoms with van der Waals surface area (Å²) in [6.07, 6.45) is 6.65. The van der Waals surface area contributed by atoms with Crippen molar-refractivity contribution in [2.24, 2.45) is 0 Å². The van der Waals surface area contributed by atoms with Crippen molar-refractivity contribution < 1.29 is 9.66 Å². The number of fused-ring (bicyclic) bond motifs is 1. The molecule has 2 aromatic carbocycles. The fraction of sp³-hybridized carbons (Fsp3) is 0.136. The first-order valence-corrected chi connectivity index (χ1v) is 10.0. The molecule has 0 atom stereocenters. The van der Waals surface area contributed by atoms with Crippen LogP contribution in [-0.2, 0) is 6.54 Å². The molecule has 32 heavy (non-hydrogen) atoms. The highest BCUT2D eigenvalue weighted by molar-refractivity contribution is 6.31. The number of halogens is 1. The van der Waals surface area contributed by atoms with Crippen LogP contribution in [0.2, 0.25) is 5.02 Å². The molecule has 0 unspecified atom stereocenters. The van der Waals surface area contributed by atoms with E-state index in [0.29, 0.717) is 33.8 Å². The minimum Gasteiger partial charge on any atom is -0.487 e. The molecule has 0 aliphatic rings. The van der Waals surface area contributed by atoms with Crippen molar-refractivity contribution in [3.63, 3.8) is 0 Å². The first kappa shape index (κ1) is 21.1. The number of nitriles is 1. The number of anilines is 2. The maximum Gasteiger partial charge on any atom is 0.311 e. The predicted octanol–water partition coefficient (Wildman–Crippen LogP) is 5.06. The lowest BCUT2D eigenvalue weighted by atomic mass is 10.1. The fourth-order valence-electron chi connectivity index (χ4n) is 3.32. The normalized spacial score (nSPS) is 10.7. The smallest absolute Gasteiger partial charge is 0.311 e. The minimum absolute atomic E-state index is 0.125. The number of rotatable bonds is 7. The van der Waals surface area contributed by atoms with Crippen LogP contribution in [0.1, 0.15) is 18.1 Å². The molecule has 2 aromatic heterocycles. The van der Waals surface area contributed by atoms with Crippen LogP contribution >= 0.6 is 11.6 Å². The molecule has 9 nitrogen and oxygen atoms in total. The highest BCUT2D eigenvalue weighted by atomic mass is 35.5. The Morgan fingerprint density at radius 1 is 1.34 bits per heavy atom. The largest absolute Gasteiger partial charge is 0.487 e. The summed E-state index contributed by atoms with van der Waals surface area (Å²) in [7, 11) is 0. The summed E-state index contributed by atoms with van der Waals surface area (Å²) in [6, 6.07) is 10.4. The molecule has 0 bridgehead atoms. The molecule has 0 saturated heterocycles. The first-order valence-electron chi connectivity index (χ1n) is 9.65. The average molecular weight is 449 g/mol. The number of nitro groups is 1. The molecule has 2 heterocycles. The molecular weight excluding hydrogens is 432 g/mol. The zero-order valence-corrected chi connectivity index (χ0v) is 17.7. The lowest BCUT2D eigenvalue weighted by molar-refractivity contribution is -0.385. The Kier molecular flexibility index (Phi) is 5.87. The molecule has 0 amide bonds. The number of benzene rings is 2. The predicted molar refractivity (Wildman–Crippen MR) is 120 cm³/mol. The van der Waals surface area contributed by atoms with E-state index in [4.69, 9.17) is 16.3 Å². The van der Waals surface area contributed by atoms with Crippen LogP contribution in [0.15, 0.2) is 55.2 Å². The number of pyridine rings is 1. The Hall–Kier alpha value is -4.16. The van der Waals surface area contributed by atoms with Crippen molar-refractivity contribution >= 4 is 39.6 Å². The molecule has 0 spiro atoms. The average Bonchev–Trinajstić information content (AvgIpc) is 3.29. The molecule has 0 aliphatic heterocycles. The lowest BCUT2D eigenvalue weighted by Crippen LogP contribution is -2.02. The molecular formula is C22H17ClN6O3. The van der Waals surface area contributed by atoms with E-state index >= 15 is 0 Å². The maximum atomic E-state index is 11.6. The van der Waals surface area contributed by atoms with Crippen molar-refractivity contribution in [1.29, 1.82) is 5.26 Å². The zero-order valence-electron chi connectivity index (χ0n) is 16.9. The summed E-state index contributed by atoms with van der Waals surface area (Å²) in [5.41, 5.74) is 2.44. The van der Waals surface area contributed by atoms with E-state index in [-0.39, 0.29) is 23.6 Å². The van der Waals surface area contributed by atoms with Crippen LogP contribution in [0.5, 0.6) is 5.75 Å². The van der Waals surface area contributed by atoms with Crippen LogP contribution in [0.4, 0.5) is 17.1 Å². The van der Waals surface area contributed by atoms with Crippen molar-refractivity contribution in [1.82, 2.24) is 14.5 Å². The maximum absolute atomic E-state index is 11.6. The van der Waals surface area contributed by atoms with Gasteiger partial charge in [0.1, 0.15) is 6.07 Å². The van der Waals surface area contributed by atoms with Crippen molar-refractivity contribution in [3.05, 3.63) is 81.5 Å². The number of imidazole rings is 1. The Balaban J connectivity index is 1.76. The number of ether oxygens (including phenoxy) is 1. The first-order chi connectivity index (χ1) is 15.5. The third-order valence-electron chi connectivity index (χ3n) is 4.80. The summed E-state index contributed by atoms with van der Waals surface area (Å²) in [5.74, 6) is 0.125. The van der Waals surface area contributed by atoms with Crippen LogP contribution in [-0.4, -0.2) is 26.1 Å². The third-order valence-corrected chi connectivity index (χ3v) is 5.15. The van der Waals surface area contributed by atoms with Gasteiger partial charge in [-0.3, -0.25) is 15.1 Å². The van der Waals surface area contributed by atoms with E-state index in [2.05, 4.69) is 21.4 Å². The zero-order chi connectivity index (χ0) is 22.7. The highest BCUT2D eigenvalue weighted by Crippen LogP contribution is 2.37. The standard InChI is InChI=1S/C22H17ClN6O3/c1-2-32-21-9-19-17(8-20(21)29(30)31)22(15(10-24)11-26-19)27-16-4-3-14(18(23)7-16)12-28-6-5-25-13-28/h3-9,11,13H,2,12H2,1H3,(H,26,27). The quantitative estimate of drug-likeness (QED) is 0.310. The second-order valence-electron chi connectivity index (χ2n) is 6.85. The lowest BCUT2D eigenvalue weighted by Gasteiger charge is -2.14. The van der Waals surface area contributed by atoms with Crippen LogP contribution in [0.3, 0.4) is 0 Å². The van der Waals surface area contributed by atoms with Crippen LogP contribution in [0, 0.1) is 21.4 Å². The Morgan fingerprint density at radius 3 is 2.84 bits per heavy atom. The van der Waals surface area contributed by atoms with E-state index in [1.807, 2.05) is 22.9 Å². The van der Waals surface area contributed by atoms with Crippen molar-refractivity contribution in [3.8, 4) is 11.8 Å². The monoisotopic (exact) mass is 448 g/mol. The number of hydrogen-bond donors (Lipinski definition) is 1. The number of nitro benzene ring substituents is 1. The van der Waals surface area contributed by atoms with Gasteiger partial charge >= 0.3 is 5.69 Å². The number of nitrogens with one attached hydrogen (secondary N) is 1. The van der Waals surface area contributed by atoms with Crippen LogP contribution < -0.4 is 10.1 Å². The molecule has 1 N–H and O–H groups in total.